The number of nitro benzene ring substituents is 1. The van der Waals surface area contributed by atoms with Crippen molar-refractivity contribution in [2.45, 2.75) is 18.8 Å². The Labute approximate surface area is 128 Å². The fraction of sp³-hybridized carbons (Fsp3) is 0.235. The molecule has 5 nitrogen and oxygen atoms in total. The average molecular weight is 296 g/mol. The molecule has 0 bridgehead atoms. The molecule has 1 amide bonds. The Morgan fingerprint density at radius 2 is 1.77 bits per heavy atom. The van der Waals surface area contributed by atoms with Gasteiger partial charge in [0.05, 0.1) is 10.3 Å². The van der Waals surface area contributed by atoms with E-state index in [9.17, 15) is 14.9 Å². The Hall–Kier alpha value is -2.69. The molecule has 0 N–H and O–H groups in total. The molecule has 112 valence electrons. The van der Waals surface area contributed by atoms with E-state index in [1.807, 2.05) is 31.2 Å². The highest BCUT2D eigenvalue weighted by Crippen LogP contribution is 2.42. The number of benzene rings is 2. The lowest BCUT2D eigenvalue weighted by Crippen LogP contribution is -2.37. The number of hydrogen-bond donors (Lipinski definition) is 0. The number of hydrogen-bond acceptors (Lipinski definition) is 3. The maximum absolute atomic E-state index is 12.7. The SMILES string of the molecule is CN1C(=O)[C@@](C)(Cc2ccc([N+](=O)[O-])cc2)c2ccccc21. The molecule has 1 atom stereocenters. The molecule has 1 aliphatic rings. The highest BCUT2D eigenvalue weighted by Gasteiger charge is 2.45. The van der Waals surface area contributed by atoms with Crippen LogP contribution in [0.4, 0.5) is 11.4 Å². The van der Waals surface area contributed by atoms with Crippen LogP contribution in [0, 0.1) is 10.1 Å². The van der Waals surface area contributed by atoms with Gasteiger partial charge in [-0.1, -0.05) is 30.3 Å². The standard InChI is InChI=1S/C17H16N2O3/c1-17(11-12-7-9-13(10-8-12)19(21)22)14-5-3-4-6-15(14)18(2)16(17)20/h3-10H,11H2,1-2H3/t17-/m0/s1. The van der Waals surface area contributed by atoms with Gasteiger partial charge in [-0.2, -0.15) is 0 Å². The van der Waals surface area contributed by atoms with E-state index in [-0.39, 0.29) is 11.6 Å². The number of nitrogens with zero attached hydrogens (tertiary/aromatic N) is 2. The van der Waals surface area contributed by atoms with Crippen LogP contribution in [0.1, 0.15) is 18.1 Å². The summed E-state index contributed by atoms with van der Waals surface area (Å²) < 4.78 is 0. The van der Waals surface area contributed by atoms with Gasteiger partial charge in [-0.05, 0) is 30.5 Å². The van der Waals surface area contributed by atoms with Crippen molar-refractivity contribution in [1.82, 2.24) is 0 Å². The van der Waals surface area contributed by atoms with Crippen molar-refractivity contribution in [3.63, 3.8) is 0 Å². The lowest BCUT2D eigenvalue weighted by Gasteiger charge is -2.23. The second kappa shape index (κ2) is 4.94. The maximum atomic E-state index is 12.7. The Balaban J connectivity index is 1.97. The van der Waals surface area contributed by atoms with Crippen molar-refractivity contribution < 1.29 is 9.72 Å². The van der Waals surface area contributed by atoms with Crippen LogP contribution in [0.5, 0.6) is 0 Å². The second-order valence-electron chi connectivity index (χ2n) is 5.81. The first-order chi connectivity index (χ1) is 10.4. The van der Waals surface area contributed by atoms with E-state index in [4.69, 9.17) is 0 Å². The van der Waals surface area contributed by atoms with Crippen LogP contribution in [-0.4, -0.2) is 17.9 Å². The van der Waals surface area contributed by atoms with E-state index in [2.05, 4.69) is 0 Å². The fourth-order valence-electron chi connectivity index (χ4n) is 3.14. The van der Waals surface area contributed by atoms with Crippen LogP contribution in [0.3, 0.4) is 0 Å². The number of amides is 1. The van der Waals surface area contributed by atoms with Crippen LogP contribution >= 0.6 is 0 Å². The van der Waals surface area contributed by atoms with E-state index in [0.29, 0.717) is 6.42 Å². The molecular weight excluding hydrogens is 280 g/mol. The largest absolute Gasteiger partial charge is 0.314 e. The molecule has 0 unspecified atom stereocenters. The van der Waals surface area contributed by atoms with Gasteiger partial charge in [-0.3, -0.25) is 14.9 Å². The molecule has 0 saturated carbocycles. The number of para-hydroxylation sites is 1. The molecule has 0 radical (unpaired) electrons. The van der Waals surface area contributed by atoms with Crippen LogP contribution in [0.15, 0.2) is 48.5 Å². The zero-order valence-electron chi connectivity index (χ0n) is 12.4. The van der Waals surface area contributed by atoms with Crippen molar-refractivity contribution in [2.24, 2.45) is 0 Å². The van der Waals surface area contributed by atoms with Gasteiger partial charge in [0.15, 0.2) is 0 Å². The Morgan fingerprint density at radius 3 is 2.41 bits per heavy atom. The van der Waals surface area contributed by atoms with E-state index in [1.54, 1.807) is 24.1 Å². The van der Waals surface area contributed by atoms with Gasteiger partial charge in [0.25, 0.3) is 5.69 Å². The molecule has 0 aliphatic carbocycles. The third kappa shape index (κ3) is 2.06. The number of fused-ring (bicyclic) bond motifs is 1. The first-order valence-electron chi connectivity index (χ1n) is 7.04. The van der Waals surface area contributed by atoms with Crippen molar-refractivity contribution in [3.05, 3.63) is 69.8 Å². The Morgan fingerprint density at radius 1 is 1.14 bits per heavy atom. The summed E-state index contributed by atoms with van der Waals surface area (Å²) in [6, 6.07) is 14.2. The predicted molar refractivity (Wildman–Crippen MR) is 84.0 cm³/mol. The number of anilines is 1. The summed E-state index contributed by atoms with van der Waals surface area (Å²) in [6.45, 7) is 1.93. The molecule has 2 aromatic rings. The fourth-order valence-corrected chi connectivity index (χ4v) is 3.14. The highest BCUT2D eigenvalue weighted by molar-refractivity contribution is 6.07. The summed E-state index contributed by atoms with van der Waals surface area (Å²) >= 11 is 0. The van der Waals surface area contributed by atoms with E-state index in [1.165, 1.54) is 12.1 Å². The number of carbonyl (C=O) groups excluding carboxylic acids is 1. The van der Waals surface area contributed by atoms with E-state index < -0.39 is 10.3 Å². The average Bonchev–Trinajstić information content (AvgIpc) is 2.70. The van der Waals surface area contributed by atoms with Gasteiger partial charge in [-0.15, -0.1) is 0 Å². The summed E-state index contributed by atoms with van der Waals surface area (Å²) in [4.78, 5) is 24.7. The zero-order valence-corrected chi connectivity index (χ0v) is 12.4. The lowest BCUT2D eigenvalue weighted by molar-refractivity contribution is -0.384. The minimum Gasteiger partial charge on any atom is -0.314 e. The predicted octanol–water partition coefficient (Wildman–Crippen LogP) is 3.07. The van der Waals surface area contributed by atoms with Gasteiger partial charge < -0.3 is 4.90 Å². The topological polar surface area (TPSA) is 63.5 Å². The molecular formula is C17H16N2O3. The molecule has 3 rings (SSSR count). The van der Waals surface area contributed by atoms with Crippen molar-refractivity contribution in [3.8, 4) is 0 Å². The number of rotatable bonds is 3. The van der Waals surface area contributed by atoms with Gasteiger partial charge in [-0.25, -0.2) is 0 Å². The monoisotopic (exact) mass is 296 g/mol. The van der Waals surface area contributed by atoms with Crippen molar-refractivity contribution >= 4 is 17.3 Å². The van der Waals surface area contributed by atoms with Crippen molar-refractivity contribution in [2.75, 3.05) is 11.9 Å². The third-order valence-electron chi connectivity index (χ3n) is 4.34. The quantitative estimate of drug-likeness (QED) is 0.646. The third-order valence-corrected chi connectivity index (χ3v) is 4.34. The second-order valence-corrected chi connectivity index (χ2v) is 5.81. The minimum absolute atomic E-state index is 0.0482. The molecule has 0 spiro atoms. The number of non-ortho nitro benzene ring substituents is 1. The first kappa shape index (κ1) is 14.3. The number of nitro groups is 1. The summed E-state index contributed by atoms with van der Waals surface area (Å²) in [5, 5.41) is 10.7. The lowest BCUT2D eigenvalue weighted by atomic mass is 9.78. The normalized spacial score (nSPS) is 20.1. The van der Waals surface area contributed by atoms with Crippen LogP contribution in [0.2, 0.25) is 0 Å². The first-order valence-corrected chi connectivity index (χ1v) is 7.04. The molecule has 5 heteroatoms. The molecule has 1 heterocycles. The summed E-state index contributed by atoms with van der Waals surface area (Å²) in [5.41, 5.74) is 2.26. The van der Waals surface area contributed by atoms with Crippen LogP contribution in [-0.2, 0) is 16.6 Å². The summed E-state index contributed by atoms with van der Waals surface area (Å²) in [7, 11) is 1.78. The minimum atomic E-state index is -0.637. The molecule has 0 aromatic heterocycles. The zero-order chi connectivity index (χ0) is 15.9. The Bertz CT molecular complexity index is 755. The van der Waals surface area contributed by atoms with Crippen LogP contribution in [0.25, 0.3) is 0 Å². The highest BCUT2D eigenvalue weighted by atomic mass is 16.6. The number of carbonyl (C=O) groups is 1. The smallest absolute Gasteiger partial charge is 0.269 e. The molecule has 0 fully saturated rings. The van der Waals surface area contributed by atoms with Gasteiger partial charge in [0, 0.05) is 24.9 Å². The molecule has 2 aromatic carbocycles. The maximum Gasteiger partial charge on any atom is 0.269 e. The van der Waals surface area contributed by atoms with Gasteiger partial charge >= 0.3 is 0 Å². The Kier molecular flexibility index (Phi) is 3.20. The molecule has 1 aliphatic heterocycles. The number of likely N-dealkylation sites (N-methyl/N-ethyl adjacent to an activating group) is 1. The van der Waals surface area contributed by atoms with E-state index >= 15 is 0 Å². The summed E-state index contributed by atoms with van der Waals surface area (Å²) in [5.74, 6) is 0.0482. The van der Waals surface area contributed by atoms with Crippen molar-refractivity contribution in [1.29, 1.82) is 0 Å². The van der Waals surface area contributed by atoms with E-state index in [0.717, 1.165) is 16.8 Å². The van der Waals surface area contributed by atoms with Crippen LogP contribution < -0.4 is 4.90 Å². The molecule has 22 heavy (non-hydrogen) atoms. The molecule has 0 saturated heterocycles. The summed E-state index contributed by atoms with van der Waals surface area (Å²) in [6.07, 6.45) is 0.519. The van der Waals surface area contributed by atoms with Gasteiger partial charge in [0.1, 0.15) is 0 Å². The van der Waals surface area contributed by atoms with Gasteiger partial charge in [0.2, 0.25) is 5.91 Å².